The average molecular weight is 230 g/mol. The van der Waals surface area contributed by atoms with Gasteiger partial charge in [0.2, 0.25) is 0 Å². The molecule has 0 bridgehead atoms. The molecule has 0 spiro atoms. The molecule has 90 valence electrons. The molecule has 0 aliphatic heterocycles. The fourth-order valence-electron chi connectivity index (χ4n) is 1.73. The molecule has 0 aliphatic rings. The van der Waals surface area contributed by atoms with Gasteiger partial charge in [0, 0.05) is 12.1 Å². The Morgan fingerprint density at radius 3 is 2.71 bits per heavy atom. The Hall–Kier alpha value is -1.77. The fraction of sp³-hybridized carbons (Fsp3) is 0.357. The topological polar surface area (TPSA) is 37.9 Å². The number of hydrogen-bond acceptors (Lipinski definition) is 2. The first-order valence-electron chi connectivity index (χ1n) is 5.86. The number of aryl methyl sites for hydroxylation is 3. The Balaban J connectivity index is 1.91. The molecule has 0 atom stereocenters. The molecule has 0 fully saturated rings. The van der Waals surface area contributed by atoms with Gasteiger partial charge in [-0.2, -0.15) is 5.10 Å². The zero-order chi connectivity index (χ0) is 12.3. The molecule has 17 heavy (non-hydrogen) atoms. The van der Waals surface area contributed by atoms with Crippen molar-refractivity contribution in [1.82, 2.24) is 10.2 Å². The summed E-state index contributed by atoms with van der Waals surface area (Å²) in [4.78, 5) is 0. The first-order chi connectivity index (χ1) is 8.15. The molecular weight excluding hydrogens is 212 g/mol. The van der Waals surface area contributed by atoms with Crippen molar-refractivity contribution in [2.24, 2.45) is 0 Å². The van der Waals surface area contributed by atoms with Crippen LogP contribution in [0.15, 0.2) is 24.3 Å². The van der Waals surface area contributed by atoms with Gasteiger partial charge in [-0.15, -0.1) is 0 Å². The Labute approximate surface area is 102 Å². The molecule has 0 unspecified atom stereocenters. The summed E-state index contributed by atoms with van der Waals surface area (Å²) in [5.74, 6) is 0.970. The standard InChI is InChI=1S/C14H18N2O/c1-10-4-5-11(2)14(8-10)17-7-6-13-9-12(3)15-16-13/h4-5,8-9H,6-7H2,1-3H3,(H,15,16). The second kappa shape index (κ2) is 5.04. The van der Waals surface area contributed by atoms with Crippen molar-refractivity contribution in [1.29, 1.82) is 0 Å². The maximum absolute atomic E-state index is 5.78. The molecule has 1 aromatic carbocycles. The van der Waals surface area contributed by atoms with Crippen molar-refractivity contribution in [3.05, 3.63) is 46.8 Å². The fourth-order valence-corrected chi connectivity index (χ4v) is 1.73. The van der Waals surface area contributed by atoms with Crippen LogP contribution in [0.1, 0.15) is 22.5 Å². The van der Waals surface area contributed by atoms with E-state index in [9.17, 15) is 0 Å². The highest BCUT2D eigenvalue weighted by Gasteiger charge is 2.01. The third-order valence-electron chi connectivity index (χ3n) is 2.72. The second-order valence-corrected chi connectivity index (χ2v) is 4.41. The number of ether oxygens (including phenoxy) is 1. The van der Waals surface area contributed by atoms with E-state index < -0.39 is 0 Å². The van der Waals surface area contributed by atoms with Gasteiger partial charge >= 0.3 is 0 Å². The van der Waals surface area contributed by atoms with Gasteiger partial charge in [-0.05, 0) is 44.0 Å². The smallest absolute Gasteiger partial charge is 0.122 e. The van der Waals surface area contributed by atoms with E-state index in [1.54, 1.807) is 0 Å². The van der Waals surface area contributed by atoms with Gasteiger partial charge in [0.05, 0.1) is 12.3 Å². The lowest BCUT2D eigenvalue weighted by molar-refractivity contribution is 0.318. The van der Waals surface area contributed by atoms with Crippen LogP contribution in [0, 0.1) is 20.8 Å². The van der Waals surface area contributed by atoms with Crippen molar-refractivity contribution < 1.29 is 4.74 Å². The van der Waals surface area contributed by atoms with Gasteiger partial charge in [0.15, 0.2) is 0 Å². The minimum Gasteiger partial charge on any atom is -0.493 e. The first kappa shape index (κ1) is 11.7. The number of H-pyrrole nitrogens is 1. The molecule has 3 heteroatoms. The normalized spacial score (nSPS) is 10.5. The SMILES string of the molecule is Cc1ccc(C)c(OCCc2cc(C)[nH]n2)c1. The number of benzene rings is 1. The van der Waals surface area contributed by atoms with E-state index >= 15 is 0 Å². The predicted octanol–water partition coefficient (Wildman–Crippen LogP) is 2.96. The van der Waals surface area contributed by atoms with Crippen LogP contribution in [0.2, 0.25) is 0 Å². The van der Waals surface area contributed by atoms with Crippen LogP contribution in [0.25, 0.3) is 0 Å². The van der Waals surface area contributed by atoms with Crippen molar-refractivity contribution in [2.75, 3.05) is 6.61 Å². The van der Waals surface area contributed by atoms with Gasteiger partial charge in [-0.25, -0.2) is 0 Å². The summed E-state index contributed by atoms with van der Waals surface area (Å²) in [6.45, 7) is 6.80. The van der Waals surface area contributed by atoms with Crippen LogP contribution in [0.4, 0.5) is 0 Å². The molecule has 0 saturated carbocycles. The van der Waals surface area contributed by atoms with Crippen LogP contribution in [-0.2, 0) is 6.42 Å². The summed E-state index contributed by atoms with van der Waals surface area (Å²) in [5.41, 5.74) is 4.54. The highest BCUT2D eigenvalue weighted by molar-refractivity contribution is 5.35. The van der Waals surface area contributed by atoms with E-state index in [4.69, 9.17) is 4.74 Å². The molecule has 1 N–H and O–H groups in total. The maximum atomic E-state index is 5.78. The number of nitrogens with one attached hydrogen (secondary N) is 1. The Bertz CT molecular complexity index is 503. The van der Waals surface area contributed by atoms with E-state index in [0.717, 1.165) is 23.6 Å². The lowest BCUT2D eigenvalue weighted by Gasteiger charge is -2.08. The predicted molar refractivity (Wildman–Crippen MR) is 68.4 cm³/mol. The number of aromatic nitrogens is 2. The average Bonchev–Trinajstić information content (AvgIpc) is 2.69. The van der Waals surface area contributed by atoms with Gasteiger partial charge in [-0.3, -0.25) is 5.10 Å². The van der Waals surface area contributed by atoms with Crippen LogP contribution < -0.4 is 4.74 Å². The second-order valence-electron chi connectivity index (χ2n) is 4.41. The summed E-state index contributed by atoms with van der Waals surface area (Å²) in [6, 6.07) is 8.31. The number of rotatable bonds is 4. The molecule has 0 amide bonds. The monoisotopic (exact) mass is 230 g/mol. The zero-order valence-electron chi connectivity index (χ0n) is 10.6. The van der Waals surface area contributed by atoms with E-state index in [1.165, 1.54) is 11.1 Å². The van der Waals surface area contributed by atoms with Crippen molar-refractivity contribution >= 4 is 0 Å². The largest absolute Gasteiger partial charge is 0.493 e. The van der Waals surface area contributed by atoms with E-state index in [2.05, 4.69) is 42.2 Å². The first-order valence-corrected chi connectivity index (χ1v) is 5.86. The van der Waals surface area contributed by atoms with E-state index in [1.807, 2.05) is 13.0 Å². The third-order valence-corrected chi connectivity index (χ3v) is 2.72. The minimum atomic E-state index is 0.661. The summed E-state index contributed by atoms with van der Waals surface area (Å²) >= 11 is 0. The molecule has 0 aliphatic carbocycles. The molecule has 1 aromatic heterocycles. The summed E-state index contributed by atoms with van der Waals surface area (Å²) in [7, 11) is 0. The molecule has 0 saturated heterocycles. The molecule has 1 heterocycles. The molecule has 0 radical (unpaired) electrons. The van der Waals surface area contributed by atoms with E-state index in [-0.39, 0.29) is 0 Å². The molecule has 2 aromatic rings. The lowest BCUT2D eigenvalue weighted by atomic mass is 10.1. The van der Waals surface area contributed by atoms with Crippen LogP contribution in [0.5, 0.6) is 5.75 Å². The number of aromatic amines is 1. The summed E-state index contributed by atoms with van der Waals surface area (Å²) in [6.07, 6.45) is 0.831. The quantitative estimate of drug-likeness (QED) is 0.876. The van der Waals surface area contributed by atoms with Gasteiger partial charge in [0.1, 0.15) is 5.75 Å². The zero-order valence-corrected chi connectivity index (χ0v) is 10.6. The highest BCUT2D eigenvalue weighted by atomic mass is 16.5. The van der Waals surface area contributed by atoms with Crippen molar-refractivity contribution in [3.8, 4) is 5.75 Å². The van der Waals surface area contributed by atoms with Gasteiger partial charge in [-0.1, -0.05) is 12.1 Å². The Morgan fingerprint density at radius 2 is 2.00 bits per heavy atom. The van der Waals surface area contributed by atoms with Crippen LogP contribution in [0.3, 0.4) is 0 Å². The molecular formula is C14H18N2O. The Morgan fingerprint density at radius 1 is 1.18 bits per heavy atom. The van der Waals surface area contributed by atoms with Gasteiger partial charge < -0.3 is 4.74 Å². The van der Waals surface area contributed by atoms with E-state index in [0.29, 0.717) is 6.61 Å². The minimum absolute atomic E-state index is 0.661. The third kappa shape index (κ3) is 3.09. The summed E-state index contributed by atoms with van der Waals surface area (Å²) < 4.78 is 5.78. The summed E-state index contributed by atoms with van der Waals surface area (Å²) in [5, 5.41) is 7.11. The highest BCUT2D eigenvalue weighted by Crippen LogP contribution is 2.19. The van der Waals surface area contributed by atoms with Crippen molar-refractivity contribution in [2.45, 2.75) is 27.2 Å². The maximum Gasteiger partial charge on any atom is 0.122 e. The van der Waals surface area contributed by atoms with Crippen LogP contribution >= 0.6 is 0 Å². The Kier molecular flexibility index (Phi) is 3.47. The molecule has 3 nitrogen and oxygen atoms in total. The number of hydrogen-bond donors (Lipinski definition) is 1. The van der Waals surface area contributed by atoms with Crippen LogP contribution in [-0.4, -0.2) is 16.8 Å². The van der Waals surface area contributed by atoms with Crippen molar-refractivity contribution in [3.63, 3.8) is 0 Å². The van der Waals surface area contributed by atoms with Gasteiger partial charge in [0.25, 0.3) is 0 Å². The number of nitrogens with zero attached hydrogens (tertiary/aromatic N) is 1. The molecule has 2 rings (SSSR count). The lowest BCUT2D eigenvalue weighted by Crippen LogP contribution is -2.03.